The van der Waals surface area contributed by atoms with Crippen molar-refractivity contribution in [3.63, 3.8) is 0 Å². The van der Waals surface area contributed by atoms with Gasteiger partial charge in [-0.05, 0) is 25.6 Å². The number of benzene rings is 1. The summed E-state index contributed by atoms with van der Waals surface area (Å²) < 4.78 is 5.23. The summed E-state index contributed by atoms with van der Waals surface area (Å²) in [4.78, 5) is 7.04. The Hall–Kier alpha value is -1.65. The van der Waals surface area contributed by atoms with E-state index in [1.807, 2.05) is 30.3 Å². The number of nitrogens with two attached hydrogens (primary N) is 1. The second kappa shape index (κ2) is 6.68. The monoisotopic (exact) mass is 273 g/mol. The fourth-order valence-electron chi connectivity index (χ4n) is 2.47. The minimum Gasteiger partial charge on any atom is -0.398 e. The molecule has 0 amide bonds. The number of nitrogens with zero attached hydrogens (tertiary/aromatic N) is 2. The molecular formula is C16H23N3O. The quantitative estimate of drug-likeness (QED) is 0.879. The van der Waals surface area contributed by atoms with Crippen molar-refractivity contribution in [1.29, 1.82) is 0 Å². The Balaban J connectivity index is 2.24. The average molecular weight is 273 g/mol. The Bertz CT molecular complexity index is 571. The van der Waals surface area contributed by atoms with E-state index in [0.29, 0.717) is 6.04 Å². The number of hydrogen-bond donors (Lipinski definition) is 1. The van der Waals surface area contributed by atoms with Crippen molar-refractivity contribution in [2.24, 2.45) is 0 Å². The summed E-state index contributed by atoms with van der Waals surface area (Å²) in [6.45, 7) is 6.78. The normalized spacial score (nSPS) is 13.0. The summed E-state index contributed by atoms with van der Waals surface area (Å²) in [5.74, 6) is 0. The van der Waals surface area contributed by atoms with Gasteiger partial charge in [-0.2, -0.15) is 0 Å². The number of aromatic nitrogens is 1. The number of para-hydroxylation sites is 1. The molecule has 4 heteroatoms. The number of methoxy groups -OCH3 is 1. The third kappa shape index (κ3) is 3.26. The molecule has 0 aliphatic rings. The zero-order chi connectivity index (χ0) is 14.5. The molecule has 0 aliphatic carbocycles. The van der Waals surface area contributed by atoms with Crippen molar-refractivity contribution in [1.82, 2.24) is 9.88 Å². The molecule has 0 spiro atoms. The van der Waals surface area contributed by atoms with Crippen LogP contribution in [0.15, 0.2) is 30.3 Å². The number of fused-ring (bicyclic) bond motifs is 1. The van der Waals surface area contributed by atoms with E-state index in [0.717, 1.165) is 42.0 Å². The largest absolute Gasteiger partial charge is 0.398 e. The van der Waals surface area contributed by atoms with Gasteiger partial charge in [0.15, 0.2) is 0 Å². The van der Waals surface area contributed by atoms with Gasteiger partial charge in [0.1, 0.15) is 0 Å². The minimum atomic E-state index is 0.361. The molecule has 0 saturated heterocycles. The summed E-state index contributed by atoms with van der Waals surface area (Å²) in [5, 5.41) is 1.02. The lowest BCUT2D eigenvalue weighted by Crippen LogP contribution is -2.35. The van der Waals surface area contributed by atoms with E-state index in [2.05, 4.69) is 18.7 Å². The molecule has 2 N–H and O–H groups in total. The second-order valence-corrected chi connectivity index (χ2v) is 5.09. The highest BCUT2D eigenvalue weighted by atomic mass is 16.5. The maximum atomic E-state index is 6.13. The van der Waals surface area contributed by atoms with Crippen molar-refractivity contribution in [3.05, 3.63) is 36.0 Å². The van der Waals surface area contributed by atoms with Crippen LogP contribution in [0.5, 0.6) is 0 Å². The van der Waals surface area contributed by atoms with Crippen molar-refractivity contribution >= 4 is 16.6 Å². The fourth-order valence-corrected chi connectivity index (χ4v) is 2.47. The predicted molar refractivity (Wildman–Crippen MR) is 83.6 cm³/mol. The zero-order valence-electron chi connectivity index (χ0n) is 12.5. The van der Waals surface area contributed by atoms with E-state index in [4.69, 9.17) is 15.5 Å². The zero-order valence-corrected chi connectivity index (χ0v) is 12.5. The first-order valence-corrected chi connectivity index (χ1v) is 7.02. The summed E-state index contributed by atoms with van der Waals surface area (Å²) in [5.41, 5.74) is 8.88. The first kappa shape index (κ1) is 14.8. The van der Waals surface area contributed by atoms with Gasteiger partial charge in [0.25, 0.3) is 0 Å². The van der Waals surface area contributed by atoms with E-state index >= 15 is 0 Å². The van der Waals surface area contributed by atoms with Gasteiger partial charge < -0.3 is 10.5 Å². The highest BCUT2D eigenvalue weighted by molar-refractivity contribution is 5.90. The van der Waals surface area contributed by atoms with E-state index in [1.54, 1.807) is 7.11 Å². The van der Waals surface area contributed by atoms with Gasteiger partial charge in [-0.15, -0.1) is 0 Å². The Labute approximate surface area is 120 Å². The summed E-state index contributed by atoms with van der Waals surface area (Å²) in [6, 6.07) is 10.3. The van der Waals surface area contributed by atoms with Crippen LogP contribution in [0, 0.1) is 0 Å². The molecule has 1 aromatic heterocycles. The number of likely N-dealkylation sites (N-methyl/N-ethyl adjacent to an activating group) is 1. The lowest BCUT2D eigenvalue weighted by molar-refractivity contribution is 0.0975. The van der Waals surface area contributed by atoms with Crippen LogP contribution in [0.2, 0.25) is 0 Å². The predicted octanol–water partition coefficient (Wildman–Crippen LogP) is 2.67. The molecular weight excluding hydrogens is 250 g/mol. The molecule has 1 heterocycles. The average Bonchev–Trinajstić information content (AvgIpc) is 2.45. The molecule has 108 valence electrons. The number of rotatable bonds is 6. The number of pyridine rings is 1. The van der Waals surface area contributed by atoms with E-state index < -0.39 is 0 Å². The van der Waals surface area contributed by atoms with Gasteiger partial charge in [-0.1, -0.05) is 25.1 Å². The molecule has 0 radical (unpaired) electrons. The van der Waals surface area contributed by atoms with Crippen LogP contribution in [0.4, 0.5) is 5.69 Å². The van der Waals surface area contributed by atoms with Crippen LogP contribution in [-0.2, 0) is 11.3 Å². The maximum Gasteiger partial charge on any atom is 0.0726 e. The number of anilines is 1. The molecule has 20 heavy (non-hydrogen) atoms. The number of ether oxygens (including phenoxy) is 1. The van der Waals surface area contributed by atoms with Crippen LogP contribution in [0.1, 0.15) is 19.5 Å². The highest BCUT2D eigenvalue weighted by Gasteiger charge is 2.13. The van der Waals surface area contributed by atoms with Crippen LogP contribution in [-0.4, -0.2) is 36.2 Å². The first-order valence-electron chi connectivity index (χ1n) is 7.02. The number of nitrogen functional groups attached to an aromatic ring is 1. The lowest BCUT2D eigenvalue weighted by Gasteiger charge is -2.27. The molecule has 0 saturated carbocycles. The van der Waals surface area contributed by atoms with E-state index in [9.17, 15) is 0 Å². The summed E-state index contributed by atoms with van der Waals surface area (Å²) in [7, 11) is 1.73. The molecule has 0 aliphatic heterocycles. The van der Waals surface area contributed by atoms with Gasteiger partial charge in [-0.25, -0.2) is 0 Å². The topological polar surface area (TPSA) is 51.4 Å². The Morgan fingerprint density at radius 2 is 2.10 bits per heavy atom. The molecule has 0 fully saturated rings. The van der Waals surface area contributed by atoms with Gasteiger partial charge in [0.2, 0.25) is 0 Å². The summed E-state index contributed by atoms with van der Waals surface area (Å²) >= 11 is 0. The van der Waals surface area contributed by atoms with E-state index in [1.165, 1.54) is 0 Å². The first-order chi connectivity index (χ1) is 9.65. The lowest BCUT2D eigenvalue weighted by atomic mass is 10.1. The third-order valence-corrected chi connectivity index (χ3v) is 3.60. The minimum absolute atomic E-state index is 0.361. The molecule has 0 bridgehead atoms. The fraction of sp³-hybridized carbons (Fsp3) is 0.438. The van der Waals surface area contributed by atoms with Gasteiger partial charge in [0.05, 0.1) is 17.8 Å². The van der Waals surface area contributed by atoms with Crippen molar-refractivity contribution in [2.75, 3.05) is 26.0 Å². The SMILES string of the molecule is CCN(Cc1cc(N)c2ccccc2n1)C(C)COC. The van der Waals surface area contributed by atoms with Crippen LogP contribution < -0.4 is 5.73 Å². The summed E-state index contributed by atoms with van der Waals surface area (Å²) in [6.07, 6.45) is 0. The van der Waals surface area contributed by atoms with Crippen molar-refractivity contribution in [3.8, 4) is 0 Å². The molecule has 4 nitrogen and oxygen atoms in total. The number of hydrogen-bond acceptors (Lipinski definition) is 4. The van der Waals surface area contributed by atoms with Crippen LogP contribution >= 0.6 is 0 Å². The van der Waals surface area contributed by atoms with Gasteiger partial charge in [0, 0.05) is 30.8 Å². The van der Waals surface area contributed by atoms with Crippen LogP contribution in [0.25, 0.3) is 10.9 Å². The van der Waals surface area contributed by atoms with E-state index in [-0.39, 0.29) is 0 Å². The Kier molecular flexibility index (Phi) is 4.93. The van der Waals surface area contributed by atoms with Crippen molar-refractivity contribution < 1.29 is 4.74 Å². The van der Waals surface area contributed by atoms with Gasteiger partial charge in [-0.3, -0.25) is 9.88 Å². The Morgan fingerprint density at radius 1 is 1.35 bits per heavy atom. The molecule has 1 aromatic carbocycles. The maximum absolute atomic E-state index is 6.13. The molecule has 2 rings (SSSR count). The molecule has 1 atom stereocenters. The molecule has 1 unspecified atom stereocenters. The second-order valence-electron chi connectivity index (χ2n) is 5.09. The van der Waals surface area contributed by atoms with Crippen molar-refractivity contribution in [2.45, 2.75) is 26.4 Å². The van der Waals surface area contributed by atoms with Gasteiger partial charge >= 0.3 is 0 Å². The third-order valence-electron chi connectivity index (χ3n) is 3.60. The smallest absolute Gasteiger partial charge is 0.0726 e. The van der Waals surface area contributed by atoms with Crippen LogP contribution in [0.3, 0.4) is 0 Å². The molecule has 2 aromatic rings. The standard InChI is InChI=1S/C16H23N3O/c1-4-19(12(2)11-20-3)10-13-9-15(17)14-7-5-6-8-16(14)18-13/h5-9,12H,4,10-11H2,1-3H3,(H2,17,18). The Morgan fingerprint density at radius 3 is 2.80 bits per heavy atom. The highest BCUT2D eigenvalue weighted by Crippen LogP contribution is 2.21.